The van der Waals surface area contributed by atoms with Gasteiger partial charge in [0, 0.05) is 5.56 Å². The van der Waals surface area contributed by atoms with Gasteiger partial charge in [-0.2, -0.15) is 9.78 Å². The van der Waals surface area contributed by atoms with Crippen LogP contribution in [0.4, 0.5) is 5.82 Å². The maximum atomic E-state index is 12.7. The number of benzene rings is 1. The summed E-state index contributed by atoms with van der Waals surface area (Å²) in [7, 11) is 6.52. The molecule has 0 radical (unpaired) electrons. The molecule has 4 N–H and O–H groups in total. The van der Waals surface area contributed by atoms with Crippen molar-refractivity contribution in [3.8, 4) is 23.1 Å². The first-order chi connectivity index (χ1) is 14.8. The van der Waals surface area contributed by atoms with Gasteiger partial charge in [0.25, 0.3) is 5.91 Å². The summed E-state index contributed by atoms with van der Waals surface area (Å²) in [5, 5.41) is 31.0. The van der Waals surface area contributed by atoms with Crippen LogP contribution >= 0.6 is 0 Å². The van der Waals surface area contributed by atoms with E-state index in [0.717, 1.165) is 4.90 Å². The number of anilines is 1. The van der Waals surface area contributed by atoms with Crippen LogP contribution in [0.1, 0.15) is 21.7 Å². The fraction of sp³-hybridized carbons (Fsp3) is 0.294. The largest absolute Gasteiger partial charge is 0.867 e. The van der Waals surface area contributed by atoms with E-state index in [1.807, 2.05) is 14.1 Å². The third-order valence-corrected chi connectivity index (χ3v) is 4.06. The lowest BCUT2D eigenvalue weighted by atomic mass is 10.2. The second-order valence-corrected chi connectivity index (χ2v) is 6.61. The van der Waals surface area contributed by atoms with Crippen LogP contribution in [0.15, 0.2) is 21.9 Å². The van der Waals surface area contributed by atoms with Crippen LogP contribution in [0.5, 0.6) is 17.2 Å². The number of hydrazone groups is 1. The zero-order chi connectivity index (χ0) is 22.5. The number of ether oxygens (including phenoxy) is 2. The molecule has 0 atom stereocenters. The highest BCUT2D eigenvalue weighted by Gasteiger charge is 2.25. The Morgan fingerprint density at radius 1 is 1.32 bits per heavy atom. The van der Waals surface area contributed by atoms with Crippen LogP contribution in [-0.2, 0) is 6.54 Å². The second-order valence-electron chi connectivity index (χ2n) is 6.61. The van der Waals surface area contributed by atoms with Crippen LogP contribution in [0.2, 0.25) is 0 Å². The molecule has 1 amide bonds. The summed E-state index contributed by atoms with van der Waals surface area (Å²) in [4.78, 5) is 13.7. The second kappa shape index (κ2) is 9.08. The minimum atomic E-state index is -0.604. The molecule has 2 heterocycles. The Balaban J connectivity index is 1.84. The minimum absolute atomic E-state index is 0.00889. The molecule has 0 aliphatic carbocycles. The summed E-state index contributed by atoms with van der Waals surface area (Å²) in [6, 6.07) is 2.94. The molecule has 14 heteroatoms. The minimum Gasteiger partial charge on any atom is -0.867 e. The number of carbonyl (C=O) groups is 1. The summed E-state index contributed by atoms with van der Waals surface area (Å²) in [6.45, 7) is 0.380. The highest BCUT2D eigenvalue weighted by atomic mass is 16.6. The van der Waals surface area contributed by atoms with Gasteiger partial charge in [0.05, 0.1) is 34.5 Å². The number of nitrogen functional groups attached to an aromatic ring is 1. The molecule has 0 saturated carbocycles. The van der Waals surface area contributed by atoms with E-state index < -0.39 is 5.91 Å². The van der Waals surface area contributed by atoms with E-state index in [9.17, 15) is 9.90 Å². The Labute approximate surface area is 176 Å². The smallest absolute Gasteiger partial charge is 0.294 e. The van der Waals surface area contributed by atoms with Crippen molar-refractivity contribution in [1.82, 2.24) is 30.7 Å². The van der Waals surface area contributed by atoms with Crippen LogP contribution in [0.25, 0.3) is 5.82 Å². The van der Waals surface area contributed by atoms with Gasteiger partial charge in [0.1, 0.15) is 23.7 Å². The molecule has 0 spiro atoms. The molecule has 0 saturated heterocycles. The number of hydrogen-bond donors (Lipinski definition) is 3. The monoisotopic (exact) mass is 431 g/mol. The van der Waals surface area contributed by atoms with E-state index >= 15 is 0 Å². The van der Waals surface area contributed by atoms with E-state index in [0.29, 0.717) is 17.8 Å². The van der Waals surface area contributed by atoms with E-state index in [4.69, 9.17) is 15.2 Å². The van der Waals surface area contributed by atoms with Crippen molar-refractivity contribution < 1.29 is 28.9 Å². The molecular weight excluding hydrogens is 410 g/mol. The van der Waals surface area contributed by atoms with Crippen molar-refractivity contribution in [3.63, 3.8) is 0 Å². The maximum absolute atomic E-state index is 12.7. The molecular formula is C17H21N9O5. The number of quaternary nitrogens is 1. The van der Waals surface area contributed by atoms with Gasteiger partial charge >= 0.3 is 0 Å². The molecule has 164 valence electrons. The quantitative estimate of drug-likeness (QED) is 0.260. The molecule has 0 fully saturated rings. The molecule has 0 aliphatic heterocycles. The first kappa shape index (κ1) is 21.5. The van der Waals surface area contributed by atoms with Crippen molar-refractivity contribution in [3.05, 3.63) is 29.1 Å². The van der Waals surface area contributed by atoms with Gasteiger partial charge in [-0.15, -0.1) is 5.10 Å². The van der Waals surface area contributed by atoms with Gasteiger partial charge in [-0.25, -0.2) is 10.1 Å². The maximum Gasteiger partial charge on any atom is 0.294 e. The summed E-state index contributed by atoms with van der Waals surface area (Å²) < 4.78 is 16.0. The van der Waals surface area contributed by atoms with Crippen molar-refractivity contribution in [2.75, 3.05) is 34.0 Å². The SMILES string of the molecule is COc1cc(C=NNC(=O)c2nnn(-c3nonc3N)c2C[NH+](C)C)cc(OC)c1[O-]. The van der Waals surface area contributed by atoms with Gasteiger partial charge in [-0.05, 0) is 28.2 Å². The number of hydrogen-bond acceptors (Lipinski definition) is 11. The van der Waals surface area contributed by atoms with Gasteiger partial charge in [-0.3, -0.25) is 4.79 Å². The number of nitrogens with zero attached hydrogens (tertiary/aromatic N) is 6. The molecule has 2 aromatic heterocycles. The van der Waals surface area contributed by atoms with Crippen LogP contribution in [0.3, 0.4) is 0 Å². The Morgan fingerprint density at radius 2 is 2.00 bits per heavy atom. The molecule has 3 aromatic rings. The molecule has 31 heavy (non-hydrogen) atoms. The average Bonchev–Trinajstić information content (AvgIpc) is 3.34. The zero-order valence-electron chi connectivity index (χ0n) is 17.2. The standard InChI is InChI=1S/C17H21N9O5/c1-25(2)8-10-13(20-24-26(10)16-15(18)22-31-23-16)17(28)21-19-7-9-5-11(29-3)14(27)12(6-9)30-4/h5-7,27H,8H2,1-4H3,(H2,18,22)(H,21,28). The number of methoxy groups -OCH3 is 2. The summed E-state index contributed by atoms with van der Waals surface area (Å²) in [6.07, 6.45) is 1.34. The van der Waals surface area contributed by atoms with Crippen molar-refractivity contribution >= 4 is 17.9 Å². The molecule has 0 unspecified atom stereocenters. The Hall–Kier alpha value is -4.20. The van der Waals surface area contributed by atoms with Gasteiger partial charge < -0.3 is 25.2 Å². The Bertz CT molecular complexity index is 1080. The first-order valence-corrected chi connectivity index (χ1v) is 8.94. The Kier molecular flexibility index (Phi) is 6.30. The van der Waals surface area contributed by atoms with E-state index in [2.05, 4.69) is 35.8 Å². The van der Waals surface area contributed by atoms with Gasteiger partial charge in [0.15, 0.2) is 5.69 Å². The lowest BCUT2D eigenvalue weighted by molar-refractivity contribution is -0.873. The predicted octanol–water partition coefficient (Wildman–Crippen LogP) is -2.27. The van der Waals surface area contributed by atoms with Crippen molar-refractivity contribution in [2.24, 2.45) is 5.10 Å². The number of aromatic nitrogens is 5. The Morgan fingerprint density at radius 3 is 2.55 bits per heavy atom. The molecule has 0 aliphatic rings. The highest BCUT2D eigenvalue weighted by Crippen LogP contribution is 2.34. The van der Waals surface area contributed by atoms with E-state index in [1.54, 1.807) is 0 Å². The number of carbonyl (C=O) groups excluding carboxylic acids is 1. The highest BCUT2D eigenvalue weighted by molar-refractivity contribution is 5.94. The molecule has 3 rings (SSSR count). The molecule has 1 aromatic carbocycles. The lowest BCUT2D eigenvalue weighted by Gasteiger charge is -2.17. The zero-order valence-corrected chi connectivity index (χ0v) is 17.2. The number of nitrogens with two attached hydrogens (primary N) is 1. The van der Waals surface area contributed by atoms with Crippen LogP contribution in [0, 0.1) is 0 Å². The van der Waals surface area contributed by atoms with E-state index in [1.165, 1.54) is 37.2 Å². The van der Waals surface area contributed by atoms with Gasteiger partial charge in [-0.1, -0.05) is 5.21 Å². The van der Waals surface area contributed by atoms with Crippen molar-refractivity contribution in [2.45, 2.75) is 6.54 Å². The van der Waals surface area contributed by atoms with E-state index in [-0.39, 0.29) is 34.6 Å². The first-order valence-electron chi connectivity index (χ1n) is 8.94. The third-order valence-electron chi connectivity index (χ3n) is 4.06. The average molecular weight is 431 g/mol. The van der Waals surface area contributed by atoms with Crippen LogP contribution < -0.4 is 30.6 Å². The fourth-order valence-electron chi connectivity index (χ4n) is 2.67. The van der Waals surface area contributed by atoms with Crippen LogP contribution in [-0.4, -0.2) is 65.7 Å². The van der Waals surface area contributed by atoms with Crippen molar-refractivity contribution in [1.29, 1.82) is 0 Å². The molecule has 14 nitrogen and oxygen atoms in total. The number of amides is 1. The molecule has 0 bridgehead atoms. The normalized spacial score (nSPS) is 11.3. The predicted molar refractivity (Wildman–Crippen MR) is 104 cm³/mol. The summed E-state index contributed by atoms with van der Waals surface area (Å²) in [5.41, 5.74) is 9.06. The number of nitrogens with one attached hydrogen (secondary N) is 2. The number of rotatable bonds is 8. The third kappa shape index (κ3) is 4.53. The topological polar surface area (TPSA) is 183 Å². The summed E-state index contributed by atoms with van der Waals surface area (Å²) in [5.74, 6) is -0.679. The lowest BCUT2D eigenvalue weighted by Crippen LogP contribution is -3.04. The van der Waals surface area contributed by atoms with Gasteiger partial charge in [0.2, 0.25) is 11.6 Å². The fourth-order valence-corrected chi connectivity index (χ4v) is 2.67. The summed E-state index contributed by atoms with van der Waals surface area (Å²) >= 11 is 0.